The average Bonchev–Trinajstić information content (AvgIpc) is 2.14. The number of hydrogen-bond donors (Lipinski definition) is 0. The lowest BCUT2D eigenvalue weighted by molar-refractivity contribution is -0.384. The molecule has 1 aromatic rings. The molecule has 80 valence electrons. The van der Waals surface area contributed by atoms with E-state index in [1.807, 2.05) is 0 Å². The van der Waals surface area contributed by atoms with Crippen LogP contribution in [-0.4, -0.2) is 25.8 Å². The number of non-ortho nitro benzene ring substituents is 1. The SMILES string of the molecule is CS(=O)(=O)N=Cc1ccc([N+](=O)[O-])cc1. The van der Waals surface area contributed by atoms with E-state index in [0.717, 1.165) is 12.5 Å². The van der Waals surface area contributed by atoms with Gasteiger partial charge >= 0.3 is 0 Å². The van der Waals surface area contributed by atoms with Gasteiger partial charge in [-0.1, -0.05) is 0 Å². The first kappa shape index (κ1) is 11.3. The Bertz CT molecular complexity index is 490. The summed E-state index contributed by atoms with van der Waals surface area (Å²) in [6, 6.07) is 5.41. The molecule has 0 unspecified atom stereocenters. The van der Waals surface area contributed by atoms with Gasteiger partial charge in [-0.25, -0.2) is 8.42 Å². The third-order valence-electron chi connectivity index (χ3n) is 1.50. The molecule has 15 heavy (non-hydrogen) atoms. The second-order valence-electron chi connectivity index (χ2n) is 2.82. The highest BCUT2D eigenvalue weighted by atomic mass is 32.2. The molecule has 0 aromatic heterocycles. The van der Waals surface area contributed by atoms with E-state index in [1.54, 1.807) is 0 Å². The van der Waals surface area contributed by atoms with Gasteiger partial charge < -0.3 is 0 Å². The summed E-state index contributed by atoms with van der Waals surface area (Å²) in [6.07, 6.45) is 2.11. The average molecular weight is 228 g/mol. The Morgan fingerprint density at radius 1 is 1.33 bits per heavy atom. The summed E-state index contributed by atoms with van der Waals surface area (Å²) in [5.74, 6) is 0. The van der Waals surface area contributed by atoms with Crippen LogP contribution < -0.4 is 0 Å². The van der Waals surface area contributed by atoms with Crippen molar-refractivity contribution in [2.24, 2.45) is 4.40 Å². The van der Waals surface area contributed by atoms with E-state index in [9.17, 15) is 18.5 Å². The Morgan fingerprint density at radius 2 is 1.87 bits per heavy atom. The predicted molar refractivity (Wildman–Crippen MR) is 55.5 cm³/mol. The Morgan fingerprint density at radius 3 is 2.27 bits per heavy atom. The van der Waals surface area contributed by atoms with Gasteiger partial charge in [-0.05, 0) is 17.7 Å². The number of sulfonamides is 1. The van der Waals surface area contributed by atoms with Crippen molar-refractivity contribution in [3.05, 3.63) is 39.9 Å². The fraction of sp³-hybridized carbons (Fsp3) is 0.125. The molecule has 0 saturated carbocycles. The molecule has 0 aliphatic heterocycles. The van der Waals surface area contributed by atoms with Crippen LogP contribution in [0.3, 0.4) is 0 Å². The molecule has 6 nitrogen and oxygen atoms in total. The van der Waals surface area contributed by atoms with E-state index in [0.29, 0.717) is 5.56 Å². The molecule has 0 fully saturated rings. The van der Waals surface area contributed by atoms with Crippen molar-refractivity contribution in [1.82, 2.24) is 0 Å². The molecule has 0 aliphatic carbocycles. The summed E-state index contributed by atoms with van der Waals surface area (Å²) in [7, 11) is -3.41. The van der Waals surface area contributed by atoms with Gasteiger partial charge in [0.2, 0.25) is 10.0 Å². The van der Waals surface area contributed by atoms with Crippen molar-refractivity contribution in [3.8, 4) is 0 Å². The summed E-state index contributed by atoms with van der Waals surface area (Å²) < 4.78 is 24.6. The lowest BCUT2D eigenvalue weighted by Crippen LogP contribution is -1.92. The molecule has 0 atom stereocenters. The number of benzene rings is 1. The molecule has 1 aromatic carbocycles. The highest BCUT2D eigenvalue weighted by molar-refractivity contribution is 7.89. The van der Waals surface area contributed by atoms with Crippen LogP contribution in [0.15, 0.2) is 28.7 Å². The maximum Gasteiger partial charge on any atom is 0.269 e. The lowest BCUT2D eigenvalue weighted by atomic mass is 10.2. The fourth-order valence-electron chi connectivity index (χ4n) is 0.839. The van der Waals surface area contributed by atoms with Gasteiger partial charge in [0.1, 0.15) is 0 Å². The molecule has 0 amide bonds. The maximum absolute atomic E-state index is 10.7. The number of rotatable bonds is 3. The Kier molecular flexibility index (Phi) is 3.15. The topological polar surface area (TPSA) is 89.6 Å². The molecule has 0 bridgehead atoms. The Balaban J connectivity index is 2.91. The molecule has 7 heteroatoms. The van der Waals surface area contributed by atoms with Crippen molar-refractivity contribution in [1.29, 1.82) is 0 Å². The molecule has 0 radical (unpaired) electrons. The van der Waals surface area contributed by atoms with Crippen LogP contribution in [0.2, 0.25) is 0 Å². The number of nitrogens with zero attached hydrogens (tertiary/aromatic N) is 2. The minimum absolute atomic E-state index is 0.0495. The van der Waals surface area contributed by atoms with E-state index in [4.69, 9.17) is 0 Å². The van der Waals surface area contributed by atoms with Crippen molar-refractivity contribution in [3.63, 3.8) is 0 Å². The number of nitro groups is 1. The standard InChI is InChI=1S/C8H8N2O4S/c1-15(13,14)9-6-7-2-4-8(5-3-7)10(11)12/h2-6H,1H3. The highest BCUT2D eigenvalue weighted by Gasteiger charge is 2.02. The summed E-state index contributed by atoms with van der Waals surface area (Å²) in [5.41, 5.74) is 0.442. The molecule has 1 rings (SSSR count). The quantitative estimate of drug-likeness (QED) is 0.438. The van der Waals surface area contributed by atoms with Crippen molar-refractivity contribution in [2.45, 2.75) is 0 Å². The number of nitro benzene ring substituents is 1. The van der Waals surface area contributed by atoms with E-state index in [-0.39, 0.29) is 5.69 Å². The van der Waals surface area contributed by atoms with Crippen molar-refractivity contribution < 1.29 is 13.3 Å². The summed E-state index contributed by atoms with van der Waals surface area (Å²) in [4.78, 5) is 9.78. The zero-order valence-electron chi connectivity index (χ0n) is 7.82. The van der Waals surface area contributed by atoms with Crippen LogP contribution in [0.1, 0.15) is 5.56 Å². The molecular weight excluding hydrogens is 220 g/mol. The van der Waals surface area contributed by atoms with Gasteiger partial charge in [0.25, 0.3) is 5.69 Å². The van der Waals surface area contributed by atoms with Crippen molar-refractivity contribution >= 4 is 21.9 Å². The second-order valence-corrected chi connectivity index (χ2v) is 4.49. The summed E-state index contributed by atoms with van der Waals surface area (Å²) >= 11 is 0. The van der Waals surface area contributed by atoms with E-state index >= 15 is 0 Å². The first-order valence-corrected chi connectivity index (χ1v) is 5.73. The highest BCUT2D eigenvalue weighted by Crippen LogP contribution is 2.10. The summed E-state index contributed by atoms with van der Waals surface area (Å²) in [5, 5.41) is 10.3. The van der Waals surface area contributed by atoms with Gasteiger partial charge in [0, 0.05) is 18.3 Å². The lowest BCUT2D eigenvalue weighted by Gasteiger charge is -1.92. The van der Waals surface area contributed by atoms with Crippen LogP contribution >= 0.6 is 0 Å². The normalized spacial score (nSPS) is 11.8. The maximum atomic E-state index is 10.7. The van der Waals surface area contributed by atoms with E-state index in [2.05, 4.69) is 4.40 Å². The van der Waals surface area contributed by atoms with Gasteiger partial charge in [0.15, 0.2) is 0 Å². The smallest absolute Gasteiger partial charge is 0.258 e. The number of hydrogen-bond acceptors (Lipinski definition) is 4. The van der Waals surface area contributed by atoms with E-state index in [1.165, 1.54) is 24.3 Å². The molecule has 0 aliphatic rings. The minimum Gasteiger partial charge on any atom is -0.258 e. The van der Waals surface area contributed by atoms with Crippen LogP contribution in [0, 0.1) is 10.1 Å². The third kappa shape index (κ3) is 3.86. The molecular formula is C8H8N2O4S. The zero-order valence-corrected chi connectivity index (χ0v) is 8.64. The summed E-state index contributed by atoms with van der Waals surface area (Å²) in [6.45, 7) is 0. The molecule has 0 N–H and O–H groups in total. The van der Waals surface area contributed by atoms with Crippen molar-refractivity contribution in [2.75, 3.05) is 6.26 Å². The van der Waals surface area contributed by atoms with Gasteiger partial charge in [-0.2, -0.15) is 4.40 Å². The van der Waals surface area contributed by atoms with Gasteiger partial charge in [-0.15, -0.1) is 0 Å². The van der Waals surface area contributed by atoms with Gasteiger partial charge in [0.05, 0.1) is 11.2 Å². The second kappa shape index (κ2) is 4.18. The zero-order chi connectivity index (χ0) is 11.5. The minimum atomic E-state index is -3.41. The Hall–Kier alpha value is -1.76. The van der Waals surface area contributed by atoms with Crippen LogP contribution in [0.25, 0.3) is 0 Å². The van der Waals surface area contributed by atoms with Crippen LogP contribution in [-0.2, 0) is 10.0 Å². The third-order valence-corrected chi connectivity index (χ3v) is 1.99. The predicted octanol–water partition coefficient (Wildman–Crippen LogP) is 0.973. The fourth-order valence-corrected chi connectivity index (χ4v) is 1.15. The Labute approximate surface area is 86.5 Å². The monoisotopic (exact) mass is 228 g/mol. The van der Waals surface area contributed by atoms with Crippen LogP contribution in [0.4, 0.5) is 5.69 Å². The molecule has 0 saturated heterocycles. The van der Waals surface area contributed by atoms with Gasteiger partial charge in [-0.3, -0.25) is 10.1 Å². The molecule has 0 heterocycles. The van der Waals surface area contributed by atoms with Crippen LogP contribution in [0.5, 0.6) is 0 Å². The van der Waals surface area contributed by atoms with E-state index < -0.39 is 14.9 Å². The largest absolute Gasteiger partial charge is 0.269 e. The molecule has 0 spiro atoms. The first-order valence-electron chi connectivity index (χ1n) is 3.88. The first-order chi connectivity index (χ1) is 6.88.